The van der Waals surface area contributed by atoms with E-state index in [0.717, 1.165) is 5.39 Å². The summed E-state index contributed by atoms with van der Waals surface area (Å²) in [6, 6.07) is 8.00. The Morgan fingerprint density at radius 1 is 1.18 bits per heavy atom. The highest BCUT2D eigenvalue weighted by atomic mass is 35.5. The smallest absolute Gasteiger partial charge is 0.142 e. The highest BCUT2D eigenvalue weighted by Gasteiger charge is 2.09. The minimum Gasteiger partial charge on any atom is -0.330 e. The Morgan fingerprint density at radius 2 is 2.06 bits per heavy atom. The molecule has 0 aliphatic rings. The Morgan fingerprint density at radius 3 is 2.88 bits per heavy atom. The van der Waals surface area contributed by atoms with Crippen LogP contribution in [0.2, 0.25) is 5.15 Å². The van der Waals surface area contributed by atoms with Crippen molar-refractivity contribution >= 4 is 22.6 Å². The van der Waals surface area contributed by atoms with E-state index in [0.29, 0.717) is 22.1 Å². The fourth-order valence-corrected chi connectivity index (χ4v) is 1.97. The number of hydrogen-bond acceptors (Lipinski definition) is 2. The first-order chi connectivity index (χ1) is 8.24. The highest BCUT2D eigenvalue weighted by Crippen LogP contribution is 2.27. The number of fused-ring (bicyclic) bond motifs is 1. The lowest BCUT2D eigenvalue weighted by Crippen LogP contribution is -1.87. The molecule has 0 amide bonds. The molecule has 84 valence electrons. The molecule has 5 heteroatoms. The van der Waals surface area contributed by atoms with E-state index in [1.807, 2.05) is 0 Å². The second-order valence-electron chi connectivity index (χ2n) is 3.61. The standard InChI is InChI=1S/C12H7ClFN3/c13-10-5-9-11(15-6-16-12(9)17-10)7-2-1-3-8(14)4-7/h1-6H,(H,15,16,17). The van der Waals surface area contributed by atoms with E-state index in [4.69, 9.17) is 11.6 Å². The fraction of sp³-hybridized carbons (Fsp3) is 0. The van der Waals surface area contributed by atoms with E-state index in [2.05, 4.69) is 15.0 Å². The Kier molecular flexibility index (Phi) is 2.30. The Hall–Kier alpha value is -1.94. The van der Waals surface area contributed by atoms with Crippen LogP contribution in [0.5, 0.6) is 0 Å². The summed E-state index contributed by atoms with van der Waals surface area (Å²) in [5.41, 5.74) is 2.01. The molecular formula is C12H7ClFN3. The topological polar surface area (TPSA) is 41.6 Å². The zero-order valence-corrected chi connectivity index (χ0v) is 9.37. The predicted molar refractivity (Wildman–Crippen MR) is 64.3 cm³/mol. The average molecular weight is 248 g/mol. The molecular weight excluding hydrogens is 241 g/mol. The van der Waals surface area contributed by atoms with Crippen LogP contribution >= 0.6 is 11.6 Å². The molecule has 2 aromatic heterocycles. The first-order valence-electron chi connectivity index (χ1n) is 4.99. The van der Waals surface area contributed by atoms with Crippen LogP contribution in [0.25, 0.3) is 22.3 Å². The van der Waals surface area contributed by atoms with Crippen molar-refractivity contribution in [3.8, 4) is 11.3 Å². The van der Waals surface area contributed by atoms with Crippen LogP contribution in [0.1, 0.15) is 0 Å². The zero-order chi connectivity index (χ0) is 11.8. The summed E-state index contributed by atoms with van der Waals surface area (Å²) in [6.07, 6.45) is 1.43. The lowest BCUT2D eigenvalue weighted by Gasteiger charge is -2.01. The Labute approximate surface area is 101 Å². The van der Waals surface area contributed by atoms with Gasteiger partial charge in [0.1, 0.15) is 22.9 Å². The molecule has 0 fully saturated rings. The van der Waals surface area contributed by atoms with E-state index >= 15 is 0 Å². The Balaban J connectivity index is 2.30. The molecule has 1 aromatic carbocycles. The third kappa shape index (κ3) is 1.76. The number of benzene rings is 1. The molecule has 0 aliphatic heterocycles. The number of halogens is 2. The lowest BCUT2D eigenvalue weighted by molar-refractivity contribution is 0.628. The predicted octanol–water partition coefficient (Wildman–Crippen LogP) is 3.42. The van der Waals surface area contributed by atoms with Gasteiger partial charge in [-0.25, -0.2) is 14.4 Å². The van der Waals surface area contributed by atoms with Crippen LogP contribution in [-0.4, -0.2) is 15.0 Å². The van der Waals surface area contributed by atoms with Crippen molar-refractivity contribution in [2.45, 2.75) is 0 Å². The number of H-pyrrole nitrogens is 1. The molecule has 0 saturated carbocycles. The monoisotopic (exact) mass is 247 g/mol. The maximum absolute atomic E-state index is 13.2. The van der Waals surface area contributed by atoms with Gasteiger partial charge in [-0.2, -0.15) is 0 Å². The molecule has 3 rings (SSSR count). The number of nitrogens with one attached hydrogen (secondary N) is 1. The third-order valence-corrected chi connectivity index (χ3v) is 2.69. The minimum absolute atomic E-state index is 0.295. The van der Waals surface area contributed by atoms with E-state index < -0.39 is 0 Å². The summed E-state index contributed by atoms with van der Waals surface area (Å²) in [4.78, 5) is 11.1. The lowest BCUT2D eigenvalue weighted by atomic mass is 10.1. The van der Waals surface area contributed by atoms with E-state index in [1.54, 1.807) is 18.2 Å². The minimum atomic E-state index is -0.295. The van der Waals surface area contributed by atoms with Crippen LogP contribution in [0.3, 0.4) is 0 Å². The maximum Gasteiger partial charge on any atom is 0.142 e. The maximum atomic E-state index is 13.2. The molecule has 1 N–H and O–H groups in total. The first kappa shape index (κ1) is 10.2. The highest BCUT2D eigenvalue weighted by molar-refractivity contribution is 6.30. The molecule has 0 aliphatic carbocycles. The molecule has 0 spiro atoms. The summed E-state index contributed by atoms with van der Waals surface area (Å²) in [6.45, 7) is 0. The average Bonchev–Trinajstić information content (AvgIpc) is 2.68. The first-order valence-corrected chi connectivity index (χ1v) is 5.37. The van der Waals surface area contributed by atoms with Crippen molar-refractivity contribution in [3.05, 3.63) is 47.6 Å². The van der Waals surface area contributed by atoms with Crippen molar-refractivity contribution in [3.63, 3.8) is 0 Å². The van der Waals surface area contributed by atoms with Crippen LogP contribution in [0.4, 0.5) is 4.39 Å². The molecule has 0 bridgehead atoms. The second kappa shape index (κ2) is 3.82. The second-order valence-corrected chi connectivity index (χ2v) is 4.02. The van der Waals surface area contributed by atoms with Crippen molar-refractivity contribution < 1.29 is 4.39 Å². The number of aromatic amines is 1. The van der Waals surface area contributed by atoms with Gasteiger partial charge >= 0.3 is 0 Å². The van der Waals surface area contributed by atoms with Gasteiger partial charge in [0.05, 0.1) is 5.69 Å². The van der Waals surface area contributed by atoms with Gasteiger partial charge in [0, 0.05) is 10.9 Å². The molecule has 0 unspecified atom stereocenters. The van der Waals surface area contributed by atoms with Gasteiger partial charge < -0.3 is 4.98 Å². The zero-order valence-electron chi connectivity index (χ0n) is 8.61. The van der Waals surface area contributed by atoms with Gasteiger partial charge in [0.2, 0.25) is 0 Å². The molecule has 0 saturated heterocycles. The van der Waals surface area contributed by atoms with Crippen LogP contribution in [0.15, 0.2) is 36.7 Å². The van der Waals surface area contributed by atoms with Gasteiger partial charge in [-0.1, -0.05) is 23.7 Å². The van der Waals surface area contributed by atoms with Crippen molar-refractivity contribution in [1.82, 2.24) is 15.0 Å². The molecule has 3 nitrogen and oxygen atoms in total. The van der Waals surface area contributed by atoms with Crippen molar-refractivity contribution in [2.75, 3.05) is 0 Å². The summed E-state index contributed by atoms with van der Waals surface area (Å²) < 4.78 is 13.2. The normalized spacial score (nSPS) is 10.9. The summed E-state index contributed by atoms with van der Waals surface area (Å²) in [7, 11) is 0. The fourth-order valence-electron chi connectivity index (χ4n) is 1.77. The van der Waals surface area contributed by atoms with Crippen molar-refractivity contribution in [1.29, 1.82) is 0 Å². The molecule has 0 radical (unpaired) electrons. The SMILES string of the molecule is Fc1cccc(-c2ncnc3[nH]c(Cl)cc23)c1. The molecule has 0 atom stereocenters. The van der Waals surface area contributed by atoms with Crippen LogP contribution < -0.4 is 0 Å². The largest absolute Gasteiger partial charge is 0.330 e. The summed E-state index contributed by atoms with van der Waals surface area (Å²) >= 11 is 5.88. The van der Waals surface area contributed by atoms with Gasteiger partial charge in [0.25, 0.3) is 0 Å². The number of nitrogens with zero attached hydrogens (tertiary/aromatic N) is 2. The van der Waals surface area contributed by atoms with Gasteiger partial charge in [-0.3, -0.25) is 0 Å². The number of rotatable bonds is 1. The van der Waals surface area contributed by atoms with E-state index in [-0.39, 0.29) is 5.82 Å². The van der Waals surface area contributed by atoms with Gasteiger partial charge in [0.15, 0.2) is 0 Å². The quantitative estimate of drug-likeness (QED) is 0.716. The number of aromatic nitrogens is 3. The van der Waals surface area contributed by atoms with Gasteiger partial charge in [-0.05, 0) is 18.2 Å². The molecule has 2 heterocycles. The Bertz CT molecular complexity index is 693. The molecule has 17 heavy (non-hydrogen) atoms. The molecule has 3 aromatic rings. The summed E-state index contributed by atoms with van der Waals surface area (Å²) in [5, 5.41) is 1.27. The van der Waals surface area contributed by atoms with Gasteiger partial charge in [-0.15, -0.1) is 0 Å². The summed E-state index contributed by atoms with van der Waals surface area (Å²) in [5.74, 6) is -0.295. The third-order valence-electron chi connectivity index (χ3n) is 2.49. The van der Waals surface area contributed by atoms with Crippen molar-refractivity contribution in [2.24, 2.45) is 0 Å². The van der Waals surface area contributed by atoms with Crippen LogP contribution in [0, 0.1) is 5.82 Å². The number of hydrogen-bond donors (Lipinski definition) is 1. The van der Waals surface area contributed by atoms with Crippen LogP contribution in [-0.2, 0) is 0 Å². The van der Waals surface area contributed by atoms with E-state index in [9.17, 15) is 4.39 Å². The van der Waals surface area contributed by atoms with E-state index in [1.165, 1.54) is 18.5 Å².